The fourth-order valence-electron chi connectivity index (χ4n) is 2.10. The SMILES string of the molecule is CC(C)(O)CC1CCCCC1. The van der Waals surface area contributed by atoms with Gasteiger partial charge in [0.2, 0.25) is 0 Å². The minimum absolute atomic E-state index is 0.442. The fraction of sp³-hybridized carbons (Fsp3) is 1.00. The van der Waals surface area contributed by atoms with Gasteiger partial charge in [0.05, 0.1) is 5.60 Å². The Kier molecular flexibility index (Phi) is 2.94. The van der Waals surface area contributed by atoms with E-state index in [1.807, 2.05) is 13.8 Å². The Morgan fingerprint density at radius 3 is 2.18 bits per heavy atom. The van der Waals surface area contributed by atoms with Gasteiger partial charge in [-0.15, -0.1) is 0 Å². The summed E-state index contributed by atoms with van der Waals surface area (Å²) in [4.78, 5) is 0. The number of hydrogen-bond donors (Lipinski definition) is 1. The first-order valence-electron chi connectivity index (χ1n) is 4.80. The smallest absolute Gasteiger partial charge is 0.0594 e. The number of aliphatic hydroxyl groups is 1. The third-order valence-electron chi connectivity index (χ3n) is 2.51. The quantitative estimate of drug-likeness (QED) is 0.651. The normalized spacial score (nSPS) is 22.1. The molecule has 1 aliphatic carbocycles. The zero-order chi connectivity index (χ0) is 8.32. The van der Waals surface area contributed by atoms with Crippen molar-refractivity contribution in [1.29, 1.82) is 0 Å². The minimum atomic E-state index is -0.442. The van der Waals surface area contributed by atoms with Gasteiger partial charge >= 0.3 is 0 Å². The van der Waals surface area contributed by atoms with Crippen LogP contribution < -0.4 is 0 Å². The molecule has 0 atom stereocenters. The van der Waals surface area contributed by atoms with Crippen molar-refractivity contribution in [3.05, 3.63) is 0 Å². The predicted molar refractivity (Wildman–Crippen MR) is 47.5 cm³/mol. The molecule has 1 saturated carbocycles. The maximum absolute atomic E-state index is 9.57. The van der Waals surface area contributed by atoms with Crippen molar-refractivity contribution in [3.8, 4) is 0 Å². The van der Waals surface area contributed by atoms with E-state index in [9.17, 15) is 5.11 Å². The highest BCUT2D eigenvalue weighted by molar-refractivity contribution is 4.74. The first-order chi connectivity index (χ1) is 5.08. The molecule has 0 spiro atoms. The van der Waals surface area contributed by atoms with Gasteiger partial charge in [-0.05, 0) is 26.2 Å². The first kappa shape index (κ1) is 9.05. The molecule has 0 amide bonds. The van der Waals surface area contributed by atoms with Crippen LogP contribution in [0.15, 0.2) is 0 Å². The van der Waals surface area contributed by atoms with Gasteiger partial charge in [0.15, 0.2) is 0 Å². The molecule has 1 heteroatoms. The van der Waals surface area contributed by atoms with E-state index in [0.717, 1.165) is 12.3 Å². The van der Waals surface area contributed by atoms with Crippen LogP contribution in [0.5, 0.6) is 0 Å². The van der Waals surface area contributed by atoms with Crippen molar-refractivity contribution in [2.24, 2.45) is 5.92 Å². The van der Waals surface area contributed by atoms with E-state index in [2.05, 4.69) is 0 Å². The van der Waals surface area contributed by atoms with E-state index < -0.39 is 5.60 Å². The molecule has 1 rings (SSSR count). The molecule has 0 heterocycles. The number of hydrogen-bond acceptors (Lipinski definition) is 1. The van der Waals surface area contributed by atoms with Crippen LogP contribution in [0.2, 0.25) is 0 Å². The topological polar surface area (TPSA) is 20.2 Å². The Bertz CT molecular complexity index is 107. The zero-order valence-corrected chi connectivity index (χ0v) is 7.77. The average molecular weight is 156 g/mol. The number of rotatable bonds is 2. The lowest BCUT2D eigenvalue weighted by Gasteiger charge is -2.27. The van der Waals surface area contributed by atoms with Crippen LogP contribution in [0.1, 0.15) is 52.4 Å². The molecule has 0 radical (unpaired) electrons. The van der Waals surface area contributed by atoms with Gasteiger partial charge in [0, 0.05) is 0 Å². The van der Waals surface area contributed by atoms with Gasteiger partial charge in [-0.25, -0.2) is 0 Å². The second kappa shape index (κ2) is 3.57. The molecule has 0 aromatic rings. The summed E-state index contributed by atoms with van der Waals surface area (Å²) in [6.07, 6.45) is 7.82. The van der Waals surface area contributed by atoms with Crippen LogP contribution in [0.3, 0.4) is 0 Å². The zero-order valence-electron chi connectivity index (χ0n) is 7.77. The van der Waals surface area contributed by atoms with Crippen molar-refractivity contribution in [2.75, 3.05) is 0 Å². The lowest BCUT2D eigenvalue weighted by Crippen LogP contribution is -2.24. The summed E-state index contributed by atoms with van der Waals surface area (Å²) in [6, 6.07) is 0. The van der Waals surface area contributed by atoms with Gasteiger partial charge in [-0.2, -0.15) is 0 Å². The monoisotopic (exact) mass is 156 g/mol. The maximum Gasteiger partial charge on any atom is 0.0594 e. The summed E-state index contributed by atoms with van der Waals surface area (Å²) in [5.74, 6) is 0.795. The average Bonchev–Trinajstić information content (AvgIpc) is 1.85. The van der Waals surface area contributed by atoms with E-state index in [1.165, 1.54) is 32.1 Å². The van der Waals surface area contributed by atoms with Gasteiger partial charge < -0.3 is 5.11 Å². The van der Waals surface area contributed by atoms with E-state index in [1.54, 1.807) is 0 Å². The maximum atomic E-state index is 9.57. The molecule has 1 fully saturated rings. The summed E-state index contributed by atoms with van der Waals surface area (Å²) in [6.45, 7) is 3.84. The van der Waals surface area contributed by atoms with Gasteiger partial charge in [-0.1, -0.05) is 32.1 Å². The van der Waals surface area contributed by atoms with E-state index in [4.69, 9.17) is 0 Å². The van der Waals surface area contributed by atoms with Gasteiger partial charge in [0.1, 0.15) is 0 Å². The van der Waals surface area contributed by atoms with Crippen LogP contribution in [-0.4, -0.2) is 10.7 Å². The van der Waals surface area contributed by atoms with Crippen molar-refractivity contribution >= 4 is 0 Å². The summed E-state index contributed by atoms with van der Waals surface area (Å²) < 4.78 is 0. The molecular formula is C10H20O. The molecule has 0 aromatic heterocycles. The van der Waals surface area contributed by atoms with Crippen LogP contribution in [0, 0.1) is 5.92 Å². The summed E-state index contributed by atoms with van der Waals surface area (Å²) in [5.41, 5.74) is -0.442. The second-order valence-electron chi connectivity index (χ2n) is 4.52. The Labute approximate surface area is 69.8 Å². The van der Waals surface area contributed by atoms with Crippen LogP contribution in [0.4, 0.5) is 0 Å². The van der Waals surface area contributed by atoms with Crippen molar-refractivity contribution in [2.45, 2.75) is 58.0 Å². The lowest BCUT2D eigenvalue weighted by atomic mass is 9.82. The van der Waals surface area contributed by atoms with Crippen LogP contribution >= 0.6 is 0 Å². The Hall–Kier alpha value is -0.0400. The van der Waals surface area contributed by atoms with Crippen molar-refractivity contribution in [3.63, 3.8) is 0 Å². The van der Waals surface area contributed by atoms with E-state index in [-0.39, 0.29) is 0 Å². The largest absolute Gasteiger partial charge is 0.390 e. The third kappa shape index (κ3) is 3.76. The Morgan fingerprint density at radius 2 is 1.73 bits per heavy atom. The molecule has 0 bridgehead atoms. The molecule has 1 N–H and O–H groups in total. The Balaban J connectivity index is 2.24. The Morgan fingerprint density at radius 1 is 1.18 bits per heavy atom. The molecule has 0 saturated heterocycles. The van der Waals surface area contributed by atoms with Crippen LogP contribution in [-0.2, 0) is 0 Å². The standard InChI is InChI=1S/C10H20O/c1-10(2,11)8-9-6-4-3-5-7-9/h9,11H,3-8H2,1-2H3. The molecule has 0 aliphatic heterocycles. The van der Waals surface area contributed by atoms with Gasteiger partial charge in [0.25, 0.3) is 0 Å². The molecule has 11 heavy (non-hydrogen) atoms. The van der Waals surface area contributed by atoms with E-state index >= 15 is 0 Å². The fourth-order valence-corrected chi connectivity index (χ4v) is 2.10. The van der Waals surface area contributed by atoms with Crippen LogP contribution in [0.25, 0.3) is 0 Å². The van der Waals surface area contributed by atoms with Crippen molar-refractivity contribution < 1.29 is 5.11 Å². The minimum Gasteiger partial charge on any atom is -0.390 e. The third-order valence-corrected chi connectivity index (χ3v) is 2.51. The predicted octanol–water partition coefficient (Wildman–Crippen LogP) is 2.73. The summed E-state index contributed by atoms with van der Waals surface area (Å²) >= 11 is 0. The second-order valence-corrected chi connectivity index (χ2v) is 4.52. The highest BCUT2D eigenvalue weighted by Crippen LogP contribution is 2.30. The van der Waals surface area contributed by atoms with Gasteiger partial charge in [-0.3, -0.25) is 0 Å². The highest BCUT2D eigenvalue weighted by atomic mass is 16.3. The molecule has 1 nitrogen and oxygen atoms in total. The molecule has 1 aliphatic rings. The molecule has 0 unspecified atom stereocenters. The molecular weight excluding hydrogens is 136 g/mol. The highest BCUT2D eigenvalue weighted by Gasteiger charge is 2.21. The summed E-state index contributed by atoms with van der Waals surface area (Å²) in [7, 11) is 0. The molecule has 0 aromatic carbocycles. The summed E-state index contributed by atoms with van der Waals surface area (Å²) in [5, 5.41) is 9.57. The lowest BCUT2D eigenvalue weighted by molar-refractivity contribution is 0.0458. The molecule has 66 valence electrons. The van der Waals surface area contributed by atoms with E-state index in [0.29, 0.717) is 0 Å². The first-order valence-corrected chi connectivity index (χ1v) is 4.80. The van der Waals surface area contributed by atoms with Crippen molar-refractivity contribution in [1.82, 2.24) is 0 Å².